The first-order valence-corrected chi connectivity index (χ1v) is 13.6. The zero-order valence-corrected chi connectivity index (χ0v) is 22.4. The summed E-state index contributed by atoms with van der Waals surface area (Å²) in [6.45, 7) is -0.323. The minimum absolute atomic E-state index is 0.0330. The largest absolute Gasteiger partial charge is 0.483 e. The van der Waals surface area contributed by atoms with Crippen LogP contribution in [0.2, 0.25) is 0 Å². The second-order valence-corrected chi connectivity index (χ2v) is 10.4. The fourth-order valence-electron chi connectivity index (χ4n) is 5.60. The van der Waals surface area contributed by atoms with Crippen molar-refractivity contribution in [1.29, 1.82) is 0 Å². The van der Waals surface area contributed by atoms with Gasteiger partial charge in [-0.05, 0) is 36.5 Å². The van der Waals surface area contributed by atoms with Crippen LogP contribution in [-0.2, 0) is 19.6 Å². The second-order valence-electron chi connectivity index (χ2n) is 10.4. The number of carbonyl (C=O) groups is 2. The van der Waals surface area contributed by atoms with Crippen molar-refractivity contribution in [3.63, 3.8) is 0 Å². The number of rotatable bonds is 6. The highest BCUT2D eigenvalue weighted by atomic mass is 19.1. The first kappa shape index (κ1) is 27.3. The van der Waals surface area contributed by atoms with E-state index in [4.69, 9.17) is 4.74 Å². The van der Waals surface area contributed by atoms with E-state index in [1.807, 2.05) is 42.5 Å². The van der Waals surface area contributed by atoms with Crippen molar-refractivity contribution in [3.05, 3.63) is 129 Å². The molecular weight excluding hydrogens is 547 g/mol. The van der Waals surface area contributed by atoms with Gasteiger partial charge in [0.2, 0.25) is 5.43 Å². The molecule has 3 aromatic carbocycles. The Labute approximate surface area is 239 Å². The minimum Gasteiger partial charge on any atom is -0.483 e. The van der Waals surface area contributed by atoms with Gasteiger partial charge in [-0.25, -0.2) is 13.2 Å². The van der Waals surface area contributed by atoms with Gasteiger partial charge in [-0.15, -0.1) is 0 Å². The molecule has 0 radical (unpaired) electrons. The Bertz CT molecular complexity index is 1730. The molecule has 10 heteroatoms. The number of hydrogen-bond donors (Lipinski definition) is 1. The summed E-state index contributed by atoms with van der Waals surface area (Å²) in [6, 6.07) is 17.5. The van der Waals surface area contributed by atoms with Crippen LogP contribution in [0.1, 0.15) is 56.4 Å². The van der Waals surface area contributed by atoms with Crippen LogP contribution in [0.25, 0.3) is 0 Å². The van der Waals surface area contributed by atoms with Crippen LogP contribution in [0.3, 0.4) is 0 Å². The van der Waals surface area contributed by atoms with Gasteiger partial charge < -0.3 is 19.5 Å². The van der Waals surface area contributed by atoms with Crippen LogP contribution in [0.5, 0.6) is 5.75 Å². The lowest BCUT2D eigenvalue weighted by atomic mass is 9.95. The lowest BCUT2D eigenvalue weighted by molar-refractivity contribution is 0.0924. The fraction of sp³-hybridized carbons (Fsp3) is 0.219. The summed E-state index contributed by atoms with van der Waals surface area (Å²) < 4.78 is 49.4. The standard InChI is InChI=1S/C32H26F3N3O4/c33-21-13-25(34)23(26(35)14-21)15-36-31(40)24-17-37-22-11-6-10-20-9-4-5-12-27(20)38(16-22)32(41)28(37)30(29(24)39)42-18-19-7-2-1-3-8-19/h1-5,7-9,12-14,17,22H,6,10-11,15-16,18H2,(H,36,40)/t22-/m0/s1. The summed E-state index contributed by atoms with van der Waals surface area (Å²) in [5.41, 5.74) is 0.871. The Hall–Kier alpha value is -4.86. The van der Waals surface area contributed by atoms with Crippen LogP contribution in [0, 0.1) is 17.5 Å². The number of nitrogens with one attached hydrogen (secondary N) is 1. The van der Waals surface area contributed by atoms with E-state index < -0.39 is 46.8 Å². The number of ether oxygens (including phenoxy) is 1. The van der Waals surface area contributed by atoms with Gasteiger partial charge in [0.25, 0.3) is 11.8 Å². The van der Waals surface area contributed by atoms with Crippen LogP contribution >= 0.6 is 0 Å². The molecule has 214 valence electrons. The molecule has 1 N–H and O–H groups in total. The van der Waals surface area contributed by atoms with Crippen molar-refractivity contribution in [1.82, 2.24) is 9.88 Å². The first-order valence-electron chi connectivity index (χ1n) is 13.6. The van der Waals surface area contributed by atoms with Crippen LogP contribution in [-0.4, -0.2) is 22.9 Å². The van der Waals surface area contributed by atoms with Crippen LogP contribution < -0.4 is 20.4 Å². The predicted octanol–water partition coefficient (Wildman–Crippen LogP) is 5.31. The lowest BCUT2D eigenvalue weighted by Crippen LogP contribution is -2.46. The van der Waals surface area contributed by atoms with Gasteiger partial charge in [-0.1, -0.05) is 48.5 Å². The predicted molar refractivity (Wildman–Crippen MR) is 149 cm³/mol. The number of aromatic nitrogens is 1. The summed E-state index contributed by atoms with van der Waals surface area (Å²) in [7, 11) is 0. The molecule has 42 heavy (non-hydrogen) atoms. The van der Waals surface area contributed by atoms with E-state index in [2.05, 4.69) is 5.32 Å². The number of nitrogens with zero attached hydrogens (tertiary/aromatic N) is 2. The molecular formula is C32H26F3N3O4. The van der Waals surface area contributed by atoms with E-state index in [1.165, 1.54) is 6.20 Å². The summed E-state index contributed by atoms with van der Waals surface area (Å²) >= 11 is 0. The van der Waals surface area contributed by atoms with E-state index in [9.17, 15) is 27.6 Å². The monoisotopic (exact) mass is 573 g/mol. The number of halogens is 3. The van der Waals surface area contributed by atoms with Crippen molar-refractivity contribution >= 4 is 17.5 Å². The molecule has 0 unspecified atom stereocenters. The van der Waals surface area contributed by atoms with E-state index in [-0.39, 0.29) is 29.7 Å². The minimum atomic E-state index is -1.16. The Morgan fingerprint density at radius 3 is 2.45 bits per heavy atom. The number of amides is 2. The molecule has 2 aliphatic rings. The Kier molecular flexibility index (Phi) is 7.28. The third-order valence-corrected chi connectivity index (χ3v) is 7.69. The topological polar surface area (TPSA) is 80.6 Å². The number of hydrogen-bond acceptors (Lipinski definition) is 4. The molecule has 3 heterocycles. The SMILES string of the molecule is O=C(NCc1c(F)cc(F)cc1F)c1cn2c(c(OCc3ccccc3)c1=O)C(=O)N1C[C@@H]2CCCc2ccccc21. The zero-order valence-electron chi connectivity index (χ0n) is 22.4. The fourth-order valence-corrected chi connectivity index (χ4v) is 5.60. The maximum absolute atomic E-state index is 14.2. The van der Waals surface area contributed by atoms with Crippen molar-refractivity contribution in [2.75, 3.05) is 11.4 Å². The number of aryl methyl sites for hydroxylation is 1. The highest BCUT2D eigenvalue weighted by Gasteiger charge is 2.38. The van der Waals surface area contributed by atoms with Crippen molar-refractivity contribution in [2.45, 2.75) is 38.5 Å². The number of anilines is 1. The number of para-hydroxylation sites is 1. The lowest BCUT2D eigenvalue weighted by Gasteiger charge is -2.39. The van der Waals surface area contributed by atoms with Gasteiger partial charge in [-0.3, -0.25) is 14.4 Å². The maximum atomic E-state index is 14.2. The smallest absolute Gasteiger partial charge is 0.279 e. The number of carbonyl (C=O) groups excluding carboxylic acids is 2. The zero-order chi connectivity index (χ0) is 29.4. The molecule has 4 aromatic rings. The van der Waals surface area contributed by atoms with Crippen molar-refractivity contribution in [2.24, 2.45) is 0 Å². The van der Waals surface area contributed by atoms with Crippen LogP contribution in [0.4, 0.5) is 18.9 Å². The molecule has 0 saturated heterocycles. The van der Waals surface area contributed by atoms with Gasteiger partial charge in [0.1, 0.15) is 29.6 Å². The molecule has 2 bridgehead atoms. The van der Waals surface area contributed by atoms with Crippen molar-refractivity contribution in [3.8, 4) is 5.75 Å². The van der Waals surface area contributed by atoms with Gasteiger partial charge >= 0.3 is 0 Å². The third-order valence-electron chi connectivity index (χ3n) is 7.69. The quantitative estimate of drug-likeness (QED) is 0.339. The second kappa shape index (κ2) is 11.2. The summed E-state index contributed by atoms with van der Waals surface area (Å²) in [5.74, 6) is -5.03. The third kappa shape index (κ3) is 5.04. The van der Waals surface area contributed by atoms with Crippen molar-refractivity contribution < 1.29 is 27.5 Å². The van der Waals surface area contributed by atoms with Gasteiger partial charge in [0, 0.05) is 42.7 Å². The van der Waals surface area contributed by atoms with Gasteiger partial charge in [-0.2, -0.15) is 0 Å². The molecule has 7 nitrogen and oxygen atoms in total. The molecule has 1 aromatic heterocycles. The summed E-state index contributed by atoms with van der Waals surface area (Å²) in [6.07, 6.45) is 3.55. The number of fused-ring (bicyclic) bond motifs is 6. The molecule has 0 saturated carbocycles. The number of pyridine rings is 1. The van der Waals surface area contributed by atoms with E-state index in [1.54, 1.807) is 21.6 Å². The van der Waals surface area contributed by atoms with Gasteiger partial charge in [0.15, 0.2) is 11.4 Å². The Balaban J connectivity index is 1.42. The van der Waals surface area contributed by atoms with E-state index in [0.717, 1.165) is 29.7 Å². The molecule has 6 rings (SSSR count). The van der Waals surface area contributed by atoms with Gasteiger partial charge in [0.05, 0.1) is 6.04 Å². The Morgan fingerprint density at radius 1 is 0.976 bits per heavy atom. The first-order chi connectivity index (χ1) is 20.3. The normalized spacial score (nSPS) is 15.7. The molecule has 0 fully saturated rings. The maximum Gasteiger partial charge on any atom is 0.279 e. The Morgan fingerprint density at radius 2 is 1.69 bits per heavy atom. The summed E-state index contributed by atoms with van der Waals surface area (Å²) in [4.78, 5) is 42.7. The average Bonchev–Trinajstić information content (AvgIpc) is 2.96. The highest BCUT2D eigenvalue weighted by molar-refractivity contribution is 6.08. The highest BCUT2D eigenvalue weighted by Crippen LogP contribution is 2.37. The molecule has 2 amide bonds. The molecule has 2 aliphatic heterocycles. The summed E-state index contributed by atoms with van der Waals surface area (Å²) in [5, 5.41) is 2.36. The van der Waals surface area contributed by atoms with Crippen LogP contribution in [0.15, 0.2) is 77.7 Å². The van der Waals surface area contributed by atoms with E-state index in [0.29, 0.717) is 25.1 Å². The molecule has 0 spiro atoms. The molecule has 0 aliphatic carbocycles. The average molecular weight is 574 g/mol. The molecule has 1 atom stereocenters. The van der Waals surface area contributed by atoms with E-state index >= 15 is 0 Å². The number of benzene rings is 3.